The van der Waals surface area contributed by atoms with Crippen LogP contribution in [0.3, 0.4) is 0 Å². The number of fused-ring (bicyclic) bond motifs is 1. The number of aromatic amines is 1. The van der Waals surface area contributed by atoms with Crippen LogP contribution in [0.5, 0.6) is 0 Å². The topological polar surface area (TPSA) is 66.1 Å². The number of hydrogen-bond donors (Lipinski definition) is 1. The van der Waals surface area contributed by atoms with Crippen molar-refractivity contribution in [3.8, 4) is 11.1 Å². The zero-order chi connectivity index (χ0) is 19.7. The van der Waals surface area contributed by atoms with E-state index in [0.717, 1.165) is 30.5 Å². The lowest BCUT2D eigenvalue weighted by Crippen LogP contribution is -2.33. The Morgan fingerprint density at radius 2 is 1.89 bits per heavy atom. The molecule has 0 fully saturated rings. The van der Waals surface area contributed by atoms with Crippen LogP contribution >= 0.6 is 0 Å². The average Bonchev–Trinajstić information content (AvgIpc) is 2.74. The Hall–Kier alpha value is -3.21. The summed E-state index contributed by atoms with van der Waals surface area (Å²) >= 11 is 0. The maximum atomic E-state index is 13.1. The van der Waals surface area contributed by atoms with Gasteiger partial charge in [-0.1, -0.05) is 36.4 Å². The van der Waals surface area contributed by atoms with Gasteiger partial charge in [-0.25, -0.2) is 5.10 Å². The lowest BCUT2D eigenvalue weighted by molar-refractivity contribution is 0.0715. The molecular formula is C23H23N3O2. The molecule has 3 aromatic rings. The van der Waals surface area contributed by atoms with Crippen LogP contribution in [-0.4, -0.2) is 28.1 Å². The van der Waals surface area contributed by atoms with Crippen molar-refractivity contribution in [2.24, 2.45) is 0 Å². The number of aryl methyl sites for hydroxylation is 2. The Labute approximate surface area is 164 Å². The highest BCUT2D eigenvalue weighted by molar-refractivity contribution is 5.94. The van der Waals surface area contributed by atoms with Gasteiger partial charge in [-0.3, -0.25) is 9.59 Å². The molecule has 0 saturated carbocycles. The molecule has 1 atom stereocenters. The second kappa shape index (κ2) is 7.43. The van der Waals surface area contributed by atoms with Crippen LogP contribution in [-0.2, 0) is 6.42 Å². The molecular weight excluding hydrogens is 350 g/mol. The second-order valence-corrected chi connectivity index (χ2v) is 7.35. The standard InChI is InChI=1S/C23H23N3O2/c1-15-14-20(22(27)25-24-15)17-10-12-18(13-11-17)23(28)26(2)21-9-5-7-16-6-3-4-8-19(16)21/h3-4,6,8,10-14,21H,5,7,9H2,1-2H3,(H,25,27)/t21-/m1/s1. The van der Waals surface area contributed by atoms with E-state index in [0.29, 0.717) is 11.1 Å². The largest absolute Gasteiger partial charge is 0.335 e. The summed E-state index contributed by atoms with van der Waals surface area (Å²) in [5.41, 5.74) is 5.04. The van der Waals surface area contributed by atoms with E-state index >= 15 is 0 Å². The number of nitrogens with one attached hydrogen (secondary N) is 1. The SMILES string of the molecule is Cc1cc(-c2ccc(C(=O)N(C)[C@@H]3CCCc4ccccc43)cc2)c(=O)[nH]n1. The molecule has 142 valence electrons. The molecule has 0 saturated heterocycles. The minimum Gasteiger partial charge on any atom is -0.335 e. The minimum absolute atomic E-state index is 0.00642. The molecule has 1 amide bonds. The Morgan fingerprint density at radius 1 is 1.14 bits per heavy atom. The molecule has 4 rings (SSSR count). The molecule has 2 aromatic carbocycles. The van der Waals surface area contributed by atoms with Gasteiger partial charge in [0.25, 0.3) is 11.5 Å². The fourth-order valence-corrected chi connectivity index (χ4v) is 3.99. The van der Waals surface area contributed by atoms with Crippen molar-refractivity contribution < 1.29 is 4.79 Å². The van der Waals surface area contributed by atoms with Crippen LogP contribution in [0.2, 0.25) is 0 Å². The first-order valence-electron chi connectivity index (χ1n) is 9.56. The number of carbonyl (C=O) groups is 1. The molecule has 28 heavy (non-hydrogen) atoms. The molecule has 0 unspecified atom stereocenters. The van der Waals surface area contributed by atoms with Gasteiger partial charge in [-0.05, 0) is 61.1 Å². The van der Waals surface area contributed by atoms with E-state index in [9.17, 15) is 9.59 Å². The number of amides is 1. The van der Waals surface area contributed by atoms with Gasteiger partial charge >= 0.3 is 0 Å². The van der Waals surface area contributed by atoms with E-state index in [4.69, 9.17) is 0 Å². The normalized spacial score (nSPS) is 15.7. The van der Waals surface area contributed by atoms with Crippen LogP contribution in [0.15, 0.2) is 59.4 Å². The summed E-state index contributed by atoms with van der Waals surface area (Å²) in [5, 5.41) is 6.40. The summed E-state index contributed by atoms with van der Waals surface area (Å²) in [5.74, 6) is -0.00642. The fraction of sp³-hybridized carbons (Fsp3) is 0.261. The third-order valence-corrected chi connectivity index (χ3v) is 5.50. The summed E-state index contributed by atoms with van der Waals surface area (Å²) in [6, 6.07) is 17.5. The molecule has 0 bridgehead atoms. The van der Waals surface area contributed by atoms with Crippen molar-refractivity contribution in [3.63, 3.8) is 0 Å². The summed E-state index contributed by atoms with van der Waals surface area (Å²) in [6.45, 7) is 1.83. The molecule has 1 aliphatic carbocycles. The lowest BCUT2D eigenvalue weighted by Gasteiger charge is -2.33. The van der Waals surface area contributed by atoms with Gasteiger partial charge in [-0.15, -0.1) is 0 Å². The monoisotopic (exact) mass is 373 g/mol. The van der Waals surface area contributed by atoms with E-state index in [1.54, 1.807) is 18.2 Å². The number of benzene rings is 2. The molecule has 5 heteroatoms. The highest BCUT2D eigenvalue weighted by Crippen LogP contribution is 2.34. The van der Waals surface area contributed by atoms with Crippen molar-refractivity contribution in [1.29, 1.82) is 0 Å². The molecule has 0 radical (unpaired) electrons. The van der Waals surface area contributed by atoms with Crippen LogP contribution in [0.25, 0.3) is 11.1 Å². The van der Waals surface area contributed by atoms with E-state index < -0.39 is 0 Å². The van der Waals surface area contributed by atoms with Crippen molar-refractivity contribution in [2.75, 3.05) is 7.05 Å². The predicted octanol–water partition coefficient (Wildman–Crippen LogP) is 3.89. The highest BCUT2D eigenvalue weighted by atomic mass is 16.2. The Kier molecular flexibility index (Phi) is 4.82. The number of hydrogen-bond acceptors (Lipinski definition) is 3. The maximum absolute atomic E-state index is 13.1. The zero-order valence-electron chi connectivity index (χ0n) is 16.1. The average molecular weight is 373 g/mol. The third kappa shape index (κ3) is 3.36. The number of aromatic nitrogens is 2. The van der Waals surface area contributed by atoms with Crippen LogP contribution in [0, 0.1) is 6.92 Å². The number of carbonyl (C=O) groups excluding carboxylic acids is 1. The number of H-pyrrole nitrogens is 1. The first kappa shape index (κ1) is 18.2. The predicted molar refractivity (Wildman–Crippen MR) is 109 cm³/mol. The summed E-state index contributed by atoms with van der Waals surface area (Å²) in [7, 11) is 1.87. The Balaban J connectivity index is 1.59. The number of nitrogens with zero attached hydrogens (tertiary/aromatic N) is 2. The molecule has 1 aliphatic rings. The van der Waals surface area contributed by atoms with Crippen molar-refractivity contribution in [1.82, 2.24) is 15.1 Å². The van der Waals surface area contributed by atoms with Gasteiger partial charge in [0.15, 0.2) is 0 Å². The quantitative estimate of drug-likeness (QED) is 0.757. The van der Waals surface area contributed by atoms with Crippen molar-refractivity contribution >= 4 is 5.91 Å². The first-order chi connectivity index (χ1) is 13.5. The van der Waals surface area contributed by atoms with E-state index in [-0.39, 0.29) is 17.5 Å². The van der Waals surface area contributed by atoms with Crippen LogP contribution < -0.4 is 5.56 Å². The first-order valence-corrected chi connectivity index (χ1v) is 9.56. The molecule has 0 spiro atoms. The van der Waals surface area contributed by atoms with Gasteiger partial charge in [0, 0.05) is 12.6 Å². The zero-order valence-corrected chi connectivity index (χ0v) is 16.1. The Morgan fingerprint density at radius 3 is 2.68 bits per heavy atom. The fourth-order valence-electron chi connectivity index (χ4n) is 3.99. The maximum Gasteiger partial charge on any atom is 0.272 e. The van der Waals surface area contributed by atoms with Gasteiger partial charge in [0.2, 0.25) is 0 Å². The molecule has 1 heterocycles. The Bertz CT molecular complexity index is 1070. The smallest absolute Gasteiger partial charge is 0.272 e. The van der Waals surface area contributed by atoms with Crippen molar-refractivity contribution in [3.05, 3.63) is 87.3 Å². The second-order valence-electron chi connectivity index (χ2n) is 7.35. The van der Waals surface area contributed by atoms with Gasteiger partial charge in [0.1, 0.15) is 0 Å². The number of rotatable bonds is 3. The van der Waals surface area contributed by atoms with Crippen LogP contribution in [0.1, 0.15) is 46.1 Å². The third-order valence-electron chi connectivity index (χ3n) is 5.50. The van der Waals surface area contributed by atoms with E-state index in [1.807, 2.05) is 37.1 Å². The summed E-state index contributed by atoms with van der Waals surface area (Å²) in [4.78, 5) is 26.9. The lowest BCUT2D eigenvalue weighted by atomic mass is 9.87. The molecule has 5 nitrogen and oxygen atoms in total. The minimum atomic E-state index is -0.236. The van der Waals surface area contributed by atoms with Gasteiger partial charge in [-0.2, -0.15) is 5.10 Å². The van der Waals surface area contributed by atoms with E-state index in [1.165, 1.54) is 11.1 Å². The van der Waals surface area contributed by atoms with Gasteiger partial charge in [0.05, 0.1) is 17.3 Å². The van der Waals surface area contributed by atoms with Gasteiger partial charge < -0.3 is 4.90 Å². The van der Waals surface area contributed by atoms with E-state index in [2.05, 4.69) is 28.4 Å². The molecule has 0 aliphatic heterocycles. The van der Waals surface area contributed by atoms with Crippen molar-refractivity contribution in [2.45, 2.75) is 32.2 Å². The summed E-state index contributed by atoms with van der Waals surface area (Å²) in [6.07, 6.45) is 3.13. The molecule has 1 N–H and O–H groups in total. The summed E-state index contributed by atoms with van der Waals surface area (Å²) < 4.78 is 0. The molecule has 1 aromatic heterocycles. The van der Waals surface area contributed by atoms with Crippen LogP contribution in [0.4, 0.5) is 0 Å². The highest BCUT2D eigenvalue weighted by Gasteiger charge is 2.27.